The second-order valence-electron chi connectivity index (χ2n) is 5.82. The Balaban J connectivity index is 2.09. The molecule has 1 N–H and O–H groups in total. The third-order valence-corrected chi connectivity index (χ3v) is 4.47. The van der Waals surface area contributed by atoms with E-state index in [9.17, 15) is 0 Å². The Morgan fingerprint density at radius 3 is 2.19 bits per heavy atom. The Hall–Kier alpha value is -0.240. The van der Waals surface area contributed by atoms with Crippen molar-refractivity contribution in [1.82, 2.24) is 5.32 Å². The van der Waals surface area contributed by atoms with E-state index in [0.29, 0.717) is 5.02 Å². The van der Waals surface area contributed by atoms with E-state index in [-0.39, 0.29) is 6.04 Å². The minimum Gasteiger partial charge on any atom is -0.310 e. The van der Waals surface area contributed by atoms with Gasteiger partial charge < -0.3 is 5.32 Å². The van der Waals surface area contributed by atoms with Crippen molar-refractivity contribution in [2.75, 3.05) is 6.54 Å². The Bertz CT molecular complexity index is 393. The standard InChI is InChI=1S/C18H29Cl2N/c1-3-4-5-6-7-8-9-10-13-21-15(2)17-12-11-16(19)14-18(17)20/h11-12,14-15,21H,3-10,13H2,1-2H3/t15-/m1/s1. The molecule has 0 amide bonds. The highest BCUT2D eigenvalue weighted by molar-refractivity contribution is 6.35. The fourth-order valence-electron chi connectivity index (χ4n) is 2.54. The highest BCUT2D eigenvalue weighted by atomic mass is 35.5. The summed E-state index contributed by atoms with van der Waals surface area (Å²) in [5.41, 5.74) is 1.13. The maximum Gasteiger partial charge on any atom is 0.0468 e. The summed E-state index contributed by atoms with van der Waals surface area (Å²) in [5, 5.41) is 4.98. The topological polar surface area (TPSA) is 12.0 Å². The molecular weight excluding hydrogens is 301 g/mol. The molecule has 0 spiro atoms. The molecule has 0 aliphatic carbocycles. The zero-order chi connectivity index (χ0) is 15.5. The summed E-state index contributed by atoms with van der Waals surface area (Å²) in [7, 11) is 0. The first-order valence-electron chi connectivity index (χ1n) is 8.33. The van der Waals surface area contributed by atoms with Crippen molar-refractivity contribution in [3.05, 3.63) is 33.8 Å². The van der Waals surface area contributed by atoms with E-state index in [1.807, 2.05) is 18.2 Å². The fourth-order valence-corrected chi connectivity index (χ4v) is 3.11. The van der Waals surface area contributed by atoms with Gasteiger partial charge in [0.1, 0.15) is 0 Å². The molecule has 0 heterocycles. The van der Waals surface area contributed by atoms with Crippen molar-refractivity contribution >= 4 is 23.2 Å². The lowest BCUT2D eigenvalue weighted by molar-refractivity contribution is 0.521. The van der Waals surface area contributed by atoms with E-state index in [0.717, 1.165) is 17.1 Å². The van der Waals surface area contributed by atoms with E-state index in [2.05, 4.69) is 19.2 Å². The van der Waals surface area contributed by atoms with Gasteiger partial charge in [0.25, 0.3) is 0 Å². The Morgan fingerprint density at radius 1 is 0.952 bits per heavy atom. The molecule has 1 rings (SSSR count). The van der Waals surface area contributed by atoms with Gasteiger partial charge in [-0.1, -0.05) is 81.1 Å². The van der Waals surface area contributed by atoms with Crippen molar-refractivity contribution < 1.29 is 0 Å². The molecule has 0 aromatic heterocycles. The van der Waals surface area contributed by atoms with Crippen molar-refractivity contribution in [2.45, 2.75) is 71.3 Å². The lowest BCUT2D eigenvalue weighted by Gasteiger charge is -2.16. The van der Waals surface area contributed by atoms with Crippen LogP contribution in [0, 0.1) is 0 Å². The summed E-state index contributed by atoms with van der Waals surface area (Å²) < 4.78 is 0. The quantitative estimate of drug-likeness (QED) is 0.441. The predicted molar refractivity (Wildman–Crippen MR) is 95.5 cm³/mol. The predicted octanol–water partition coefficient (Wildman–Crippen LogP) is 6.78. The van der Waals surface area contributed by atoms with E-state index in [1.165, 1.54) is 51.4 Å². The highest BCUT2D eigenvalue weighted by Crippen LogP contribution is 2.26. The van der Waals surface area contributed by atoms with Gasteiger partial charge in [-0.3, -0.25) is 0 Å². The molecule has 120 valence electrons. The molecular formula is C18H29Cl2N. The number of halogens is 2. The normalized spacial score (nSPS) is 12.6. The van der Waals surface area contributed by atoms with Gasteiger partial charge in [-0.25, -0.2) is 0 Å². The summed E-state index contributed by atoms with van der Waals surface area (Å²) in [4.78, 5) is 0. The molecule has 1 aromatic carbocycles. The molecule has 1 atom stereocenters. The molecule has 1 aromatic rings. The molecule has 0 aliphatic rings. The summed E-state index contributed by atoms with van der Waals surface area (Å²) in [6.45, 7) is 5.47. The van der Waals surface area contributed by atoms with E-state index in [1.54, 1.807) is 0 Å². The molecule has 3 heteroatoms. The molecule has 0 aliphatic heterocycles. The van der Waals surface area contributed by atoms with Crippen LogP contribution in [0.5, 0.6) is 0 Å². The zero-order valence-electron chi connectivity index (χ0n) is 13.4. The van der Waals surface area contributed by atoms with Crippen LogP contribution < -0.4 is 5.32 Å². The summed E-state index contributed by atoms with van der Waals surface area (Å²) in [6.07, 6.45) is 10.8. The number of hydrogen-bond donors (Lipinski definition) is 1. The van der Waals surface area contributed by atoms with Gasteiger partial charge in [0.05, 0.1) is 0 Å². The third kappa shape index (κ3) is 8.09. The summed E-state index contributed by atoms with van der Waals surface area (Å²) >= 11 is 12.1. The van der Waals surface area contributed by atoms with Gasteiger partial charge >= 0.3 is 0 Å². The number of hydrogen-bond acceptors (Lipinski definition) is 1. The largest absolute Gasteiger partial charge is 0.310 e. The number of unbranched alkanes of at least 4 members (excludes halogenated alkanes) is 7. The summed E-state index contributed by atoms with van der Waals surface area (Å²) in [6, 6.07) is 6.00. The Kier molecular flexibility index (Phi) is 10.2. The van der Waals surface area contributed by atoms with Gasteiger partial charge in [0.2, 0.25) is 0 Å². The maximum absolute atomic E-state index is 6.22. The van der Waals surface area contributed by atoms with Gasteiger partial charge in [-0.05, 0) is 37.6 Å². The number of rotatable bonds is 11. The van der Waals surface area contributed by atoms with E-state index < -0.39 is 0 Å². The molecule has 0 fully saturated rings. The van der Waals surface area contributed by atoms with Crippen LogP contribution >= 0.6 is 23.2 Å². The van der Waals surface area contributed by atoms with E-state index >= 15 is 0 Å². The average Bonchev–Trinajstić information content (AvgIpc) is 2.45. The van der Waals surface area contributed by atoms with Gasteiger partial charge in [-0.15, -0.1) is 0 Å². The van der Waals surface area contributed by atoms with Crippen LogP contribution in [0.25, 0.3) is 0 Å². The fraction of sp³-hybridized carbons (Fsp3) is 0.667. The average molecular weight is 330 g/mol. The SMILES string of the molecule is CCCCCCCCCCN[C@H](C)c1ccc(Cl)cc1Cl. The second-order valence-corrected chi connectivity index (χ2v) is 6.66. The molecule has 0 bridgehead atoms. The van der Waals surface area contributed by atoms with Crippen LogP contribution in [0.2, 0.25) is 10.0 Å². The van der Waals surface area contributed by atoms with Crippen LogP contribution in [0.4, 0.5) is 0 Å². The van der Waals surface area contributed by atoms with Gasteiger partial charge in [0, 0.05) is 16.1 Å². The molecule has 0 saturated heterocycles. The first-order valence-corrected chi connectivity index (χ1v) is 9.09. The first-order chi connectivity index (χ1) is 10.1. The first kappa shape index (κ1) is 18.8. The van der Waals surface area contributed by atoms with Crippen molar-refractivity contribution in [3.63, 3.8) is 0 Å². The molecule has 21 heavy (non-hydrogen) atoms. The van der Waals surface area contributed by atoms with Gasteiger partial charge in [0.15, 0.2) is 0 Å². The highest BCUT2D eigenvalue weighted by Gasteiger charge is 2.08. The zero-order valence-corrected chi connectivity index (χ0v) is 14.9. The van der Waals surface area contributed by atoms with Crippen molar-refractivity contribution in [3.8, 4) is 0 Å². The maximum atomic E-state index is 6.22. The van der Waals surface area contributed by atoms with Crippen LogP contribution in [-0.4, -0.2) is 6.54 Å². The minimum atomic E-state index is 0.277. The Morgan fingerprint density at radius 2 is 1.57 bits per heavy atom. The van der Waals surface area contributed by atoms with Crippen LogP contribution in [0.15, 0.2) is 18.2 Å². The molecule has 0 unspecified atom stereocenters. The molecule has 0 saturated carbocycles. The van der Waals surface area contributed by atoms with Crippen LogP contribution in [0.3, 0.4) is 0 Å². The lowest BCUT2D eigenvalue weighted by Crippen LogP contribution is -2.20. The Labute approximate surface area is 140 Å². The van der Waals surface area contributed by atoms with Gasteiger partial charge in [-0.2, -0.15) is 0 Å². The van der Waals surface area contributed by atoms with Crippen LogP contribution in [0.1, 0.15) is 76.8 Å². The second kappa shape index (κ2) is 11.3. The molecule has 0 radical (unpaired) electrons. The van der Waals surface area contributed by atoms with E-state index in [4.69, 9.17) is 23.2 Å². The number of benzene rings is 1. The third-order valence-electron chi connectivity index (χ3n) is 3.91. The number of nitrogens with one attached hydrogen (secondary N) is 1. The van der Waals surface area contributed by atoms with Crippen LogP contribution in [-0.2, 0) is 0 Å². The van der Waals surface area contributed by atoms with Crippen molar-refractivity contribution in [2.24, 2.45) is 0 Å². The van der Waals surface area contributed by atoms with Crippen molar-refractivity contribution in [1.29, 1.82) is 0 Å². The summed E-state index contributed by atoms with van der Waals surface area (Å²) in [5.74, 6) is 0. The minimum absolute atomic E-state index is 0.277. The molecule has 1 nitrogen and oxygen atoms in total. The lowest BCUT2D eigenvalue weighted by atomic mass is 10.1. The monoisotopic (exact) mass is 329 g/mol. The smallest absolute Gasteiger partial charge is 0.0468 e.